The fourth-order valence-corrected chi connectivity index (χ4v) is 5.00. The zero-order valence-corrected chi connectivity index (χ0v) is 20.1. The van der Waals surface area contributed by atoms with Crippen molar-refractivity contribution < 1.29 is 28.2 Å². The number of ether oxygens (including phenoxy) is 1. The van der Waals surface area contributed by atoms with E-state index < -0.39 is 16.0 Å². The van der Waals surface area contributed by atoms with Gasteiger partial charge in [-0.25, -0.2) is 13.2 Å². The molecule has 0 unspecified atom stereocenters. The third-order valence-electron chi connectivity index (χ3n) is 4.68. The molecule has 0 atom stereocenters. The van der Waals surface area contributed by atoms with Gasteiger partial charge in [-0.15, -0.1) is 0 Å². The van der Waals surface area contributed by atoms with Crippen molar-refractivity contribution in [3.8, 4) is 23.3 Å². The van der Waals surface area contributed by atoms with Crippen molar-refractivity contribution >= 4 is 37.6 Å². The Morgan fingerprint density at radius 3 is 2.45 bits per heavy atom. The summed E-state index contributed by atoms with van der Waals surface area (Å²) in [6.07, 6.45) is 0. The number of nitrogens with zero attached hydrogens (tertiary/aromatic N) is 1. The summed E-state index contributed by atoms with van der Waals surface area (Å²) < 4.78 is 33.3. The van der Waals surface area contributed by atoms with E-state index >= 15 is 0 Å². The van der Waals surface area contributed by atoms with E-state index in [1.165, 1.54) is 43.4 Å². The first-order valence-electron chi connectivity index (χ1n) is 9.62. The molecule has 0 heterocycles. The molecule has 3 rings (SSSR count). The van der Waals surface area contributed by atoms with Gasteiger partial charge in [0, 0.05) is 17.1 Å². The largest absolute Gasteiger partial charge is 0.508 e. The molecule has 0 spiro atoms. The maximum absolute atomic E-state index is 13.1. The third-order valence-corrected chi connectivity index (χ3v) is 6.91. The fraction of sp³-hybridized carbons (Fsp3) is 0.125. The highest BCUT2D eigenvalue weighted by molar-refractivity contribution is 9.10. The van der Waals surface area contributed by atoms with Crippen LogP contribution in [0.2, 0.25) is 0 Å². The topological polar surface area (TPSA) is 104 Å². The lowest BCUT2D eigenvalue weighted by Gasteiger charge is -2.23. The van der Waals surface area contributed by atoms with Crippen LogP contribution in [-0.2, 0) is 10.0 Å². The maximum atomic E-state index is 13.1. The zero-order valence-electron chi connectivity index (χ0n) is 17.7. The second-order valence-corrected chi connectivity index (χ2v) is 9.89. The van der Waals surface area contributed by atoms with Crippen molar-refractivity contribution in [2.75, 3.05) is 18.0 Å². The number of phenolic OH excluding ortho intramolecular Hbond substituents is 1. The molecule has 0 radical (unpaired) electrons. The fourth-order valence-electron chi connectivity index (χ4n) is 3.14. The molecule has 0 saturated heterocycles. The van der Waals surface area contributed by atoms with Gasteiger partial charge < -0.3 is 14.9 Å². The average Bonchev–Trinajstić information content (AvgIpc) is 2.76. The van der Waals surface area contributed by atoms with E-state index in [0.29, 0.717) is 21.3 Å². The lowest BCUT2D eigenvalue weighted by atomic mass is 10.1. The van der Waals surface area contributed by atoms with Crippen LogP contribution in [0.4, 0.5) is 5.69 Å². The molecule has 0 saturated carbocycles. The van der Waals surface area contributed by atoms with E-state index in [-0.39, 0.29) is 28.5 Å². The molecular weight excluding hydrogens is 510 g/mol. The summed E-state index contributed by atoms with van der Waals surface area (Å²) in [5.41, 5.74) is 1.11. The molecular formula is C24H20BrNO6S. The second-order valence-electron chi connectivity index (χ2n) is 7.01. The summed E-state index contributed by atoms with van der Waals surface area (Å²) in [5.74, 6) is 5.00. The summed E-state index contributed by atoms with van der Waals surface area (Å²) in [5, 5.41) is 19.0. The molecule has 0 aliphatic carbocycles. The van der Waals surface area contributed by atoms with E-state index in [9.17, 15) is 23.4 Å². The van der Waals surface area contributed by atoms with E-state index in [1.807, 2.05) is 0 Å². The number of carboxylic acid groups (broad SMARTS) is 1. The predicted octanol–water partition coefficient (Wildman–Crippen LogP) is 4.42. The minimum Gasteiger partial charge on any atom is -0.508 e. The lowest BCUT2D eigenvalue weighted by Crippen LogP contribution is -2.29. The smallest absolute Gasteiger partial charge is 0.337 e. The van der Waals surface area contributed by atoms with Gasteiger partial charge in [-0.05, 0) is 67.1 Å². The first kappa shape index (κ1) is 24.2. The Labute approximate surface area is 200 Å². The van der Waals surface area contributed by atoms with Crippen LogP contribution in [0.25, 0.3) is 0 Å². The standard InChI is InChI=1S/C24H20BrNO6S/c1-16-13-18(25)15-22(24(28)29)23(16)26(2)33(30,31)21-10-8-20(9-11-21)32-12-4-6-17-5-3-7-19(27)14-17/h3,5,7-11,13-15,27H,12H2,1-2H3,(H,28,29). The van der Waals surface area contributed by atoms with Crippen LogP contribution >= 0.6 is 15.9 Å². The molecule has 3 aromatic rings. The number of hydrogen-bond acceptors (Lipinski definition) is 5. The van der Waals surface area contributed by atoms with Crippen molar-refractivity contribution in [3.05, 3.63) is 81.8 Å². The summed E-state index contributed by atoms with van der Waals surface area (Å²) >= 11 is 3.24. The molecule has 0 amide bonds. The Balaban J connectivity index is 1.77. The zero-order chi connectivity index (χ0) is 24.2. The maximum Gasteiger partial charge on any atom is 0.337 e. The number of halogens is 1. The number of anilines is 1. The van der Waals surface area contributed by atoms with Gasteiger partial charge in [-0.1, -0.05) is 33.8 Å². The van der Waals surface area contributed by atoms with E-state index in [2.05, 4.69) is 27.8 Å². The molecule has 9 heteroatoms. The highest BCUT2D eigenvalue weighted by Gasteiger charge is 2.27. The van der Waals surface area contributed by atoms with Crippen LogP contribution in [0.3, 0.4) is 0 Å². The van der Waals surface area contributed by atoms with Gasteiger partial charge in [-0.3, -0.25) is 4.31 Å². The number of rotatable bonds is 6. The van der Waals surface area contributed by atoms with E-state index in [4.69, 9.17) is 4.74 Å². The van der Waals surface area contributed by atoms with Crippen LogP contribution in [-0.4, -0.2) is 38.3 Å². The molecule has 3 aromatic carbocycles. The number of carboxylic acids is 1. The number of aromatic hydroxyl groups is 1. The summed E-state index contributed by atoms with van der Waals surface area (Å²) in [4.78, 5) is 11.7. The third kappa shape index (κ3) is 5.66. The minimum absolute atomic E-state index is 0.0122. The molecule has 0 fully saturated rings. The van der Waals surface area contributed by atoms with Gasteiger partial charge in [0.05, 0.1) is 16.1 Å². The van der Waals surface area contributed by atoms with Gasteiger partial charge in [-0.2, -0.15) is 0 Å². The van der Waals surface area contributed by atoms with Crippen molar-refractivity contribution in [2.45, 2.75) is 11.8 Å². The first-order valence-corrected chi connectivity index (χ1v) is 11.9. The van der Waals surface area contributed by atoms with Crippen LogP contribution in [0, 0.1) is 18.8 Å². The monoisotopic (exact) mass is 529 g/mol. The molecule has 0 aromatic heterocycles. The number of hydrogen-bond donors (Lipinski definition) is 2. The van der Waals surface area contributed by atoms with Gasteiger partial charge in [0.1, 0.15) is 18.1 Å². The normalized spacial score (nSPS) is 10.8. The first-order chi connectivity index (χ1) is 15.6. The Morgan fingerprint density at radius 2 is 1.82 bits per heavy atom. The quantitative estimate of drug-likeness (QED) is 0.458. The summed E-state index contributed by atoms with van der Waals surface area (Å²) in [6.45, 7) is 1.72. The molecule has 0 aliphatic rings. The second kappa shape index (κ2) is 9.98. The van der Waals surface area contributed by atoms with Crippen molar-refractivity contribution in [1.29, 1.82) is 0 Å². The number of aryl methyl sites for hydroxylation is 1. The van der Waals surface area contributed by atoms with E-state index in [0.717, 1.165) is 4.31 Å². The highest BCUT2D eigenvalue weighted by atomic mass is 79.9. The Kier molecular flexibility index (Phi) is 7.31. The van der Waals surface area contributed by atoms with Gasteiger partial charge in [0.15, 0.2) is 0 Å². The number of sulfonamides is 1. The number of carbonyl (C=O) groups is 1. The number of phenols is 1. The highest BCUT2D eigenvalue weighted by Crippen LogP contribution is 2.32. The Morgan fingerprint density at radius 1 is 1.12 bits per heavy atom. The van der Waals surface area contributed by atoms with Gasteiger partial charge in [0.25, 0.3) is 10.0 Å². The van der Waals surface area contributed by atoms with Gasteiger partial charge >= 0.3 is 5.97 Å². The van der Waals surface area contributed by atoms with Crippen molar-refractivity contribution in [2.24, 2.45) is 0 Å². The predicted molar refractivity (Wildman–Crippen MR) is 128 cm³/mol. The van der Waals surface area contributed by atoms with E-state index in [1.54, 1.807) is 31.2 Å². The van der Waals surface area contributed by atoms with Crippen molar-refractivity contribution in [1.82, 2.24) is 0 Å². The Hall–Kier alpha value is -3.48. The number of aromatic carboxylic acids is 1. The average molecular weight is 530 g/mol. The molecule has 2 N–H and O–H groups in total. The molecule has 0 aliphatic heterocycles. The van der Waals surface area contributed by atoms with Crippen LogP contribution in [0.5, 0.6) is 11.5 Å². The minimum atomic E-state index is -4.02. The SMILES string of the molecule is Cc1cc(Br)cc(C(=O)O)c1N(C)S(=O)(=O)c1ccc(OCC#Cc2cccc(O)c2)cc1. The molecule has 0 bridgehead atoms. The van der Waals surface area contributed by atoms with Crippen LogP contribution in [0.1, 0.15) is 21.5 Å². The summed E-state index contributed by atoms with van der Waals surface area (Å²) in [6, 6.07) is 15.3. The lowest BCUT2D eigenvalue weighted by molar-refractivity contribution is 0.0697. The number of benzene rings is 3. The van der Waals surface area contributed by atoms with Gasteiger partial charge in [0.2, 0.25) is 0 Å². The molecule has 33 heavy (non-hydrogen) atoms. The van der Waals surface area contributed by atoms with Crippen LogP contribution < -0.4 is 9.04 Å². The molecule has 170 valence electrons. The van der Waals surface area contributed by atoms with Crippen molar-refractivity contribution in [3.63, 3.8) is 0 Å². The van der Waals surface area contributed by atoms with Crippen LogP contribution in [0.15, 0.2) is 70.0 Å². The molecule has 7 nitrogen and oxygen atoms in total. The summed E-state index contributed by atoms with van der Waals surface area (Å²) in [7, 11) is -2.70. The Bertz CT molecular complexity index is 1360.